The van der Waals surface area contributed by atoms with Crippen molar-refractivity contribution in [3.63, 3.8) is 0 Å². The number of para-hydroxylation sites is 2. The van der Waals surface area contributed by atoms with E-state index in [4.69, 9.17) is 14.2 Å². The minimum absolute atomic E-state index is 0.745. The number of benzene rings is 4. The Morgan fingerprint density at radius 2 is 0.690 bits per heavy atom. The average Bonchev–Trinajstić information content (AvgIpc) is 2.74. The molecule has 0 fully saturated rings. The molecule has 4 rings (SSSR count). The summed E-state index contributed by atoms with van der Waals surface area (Å²) >= 11 is 0. The number of hydrogen-bond donors (Lipinski definition) is 0. The lowest BCUT2D eigenvalue weighted by molar-refractivity contribution is 0.462. The van der Waals surface area contributed by atoms with Crippen LogP contribution in [0.15, 0.2) is 97.1 Å². The van der Waals surface area contributed by atoms with Gasteiger partial charge in [0.2, 0.25) is 0 Å². The second-order valence-electron chi connectivity index (χ2n) is 6.78. The molecule has 0 saturated carbocycles. The SMILES string of the molecule is Cc1ccccc1Oc1ccc(Oc2ccc(Oc3ccccc3C)cc2)cc1. The van der Waals surface area contributed by atoms with Crippen LogP contribution in [0.3, 0.4) is 0 Å². The number of hydrogen-bond acceptors (Lipinski definition) is 3. The molecule has 29 heavy (non-hydrogen) atoms. The highest BCUT2D eigenvalue weighted by Crippen LogP contribution is 2.30. The van der Waals surface area contributed by atoms with E-state index in [-0.39, 0.29) is 0 Å². The van der Waals surface area contributed by atoms with Gasteiger partial charge in [0.05, 0.1) is 0 Å². The van der Waals surface area contributed by atoms with Crippen LogP contribution < -0.4 is 14.2 Å². The minimum Gasteiger partial charge on any atom is -0.457 e. The summed E-state index contributed by atoms with van der Waals surface area (Å²) in [5.74, 6) is 4.74. The van der Waals surface area contributed by atoms with Gasteiger partial charge in [0.25, 0.3) is 0 Å². The van der Waals surface area contributed by atoms with Crippen molar-refractivity contribution in [2.24, 2.45) is 0 Å². The van der Waals surface area contributed by atoms with Crippen LogP contribution in [0.2, 0.25) is 0 Å². The predicted octanol–water partition coefficient (Wildman–Crippen LogP) is 7.68. The van der Waals surface area contributed by atoms with Gasteiger partial charge in [0, 0.05) is 0 Å². The molecule has 144 valence electrons. The van der Waals surface area contributed by atoms with E-state index in [2.05, 4.69) is 0 Å². The molecule has 4 aromatic carbocycles. The summed E-state index contributed by atoms with van der Waals surface area (Å²) in [4.78, 5) is 0. The van der Waals surface area contributed by atoms with Crippen LogP contribution in [-0.2, 0) is 0 Å². The lowest BCUT2D eigenvalue weighted by atomic mass is 10.2. The third kappa shape index (κ3) is 4.77. The number of aryl methyl sites for hydroxylation is 2. The zero-order chi connectivity index (χ0) is 20.1. The van der Waals surface area contributed by atoms with Gasteiger partial charge in [0.1, 0.15) is 34.5 Å². The second-order valence-corrected chi connectivity index (χ2v) is 6.78. The number of rotatable bonds is 6. The van der Waals surface area contributed by atoms with Gasteiger partial charge in [-0.25, -0.2) is 0 Å². The molecule has 0 bridgehead atoms. The van der Waals surface area contributed by atoms with Crippen LogP contribution >= 0.6 is 0 Å². The van der Waals surface area contributed by atoms with Gasteiger partial charge in [-0.05, 0) is 85.6 Å². The normalized spacial score (nSPS) is 10.4. The van der Waals surface area contributed by atoms with E-state index in [1.807, 2.05) is 111 Å². The zero-order valence-electron chi connectivity index (χ0n) is 16.5. The largest absolute Gasteiger partial charge is 0.457 e. The van der Waals surface area contributed by atoms with Crippen molar-refractivity contribution in [3.05, 3.63) is 108 Å². The lowest BCUT2D eigenvalue weighted by Gasteiger charge is -2.11. The van der Waals surface area contributed by atoms with Crippen molar-refractivity contribution in [3.8, 4) is 34.5 Å². The van der Waals surface area contributed by atoms with Gasteiger partial charge in [-0.3, -0.25) is 0 Å². The molecular formula is C26H22O3. The Morgan fingerprint density at radius 3 is 1.03 bits per heavy atom. The highest BCUT2D eigenvalue weighted by Gasteiger charge is 2.04. The Bertz CT molecular complexity index is 994. The van der Waals surface area contributed by atoms with Crippen molar-refractivity contribution < 1.29 is 14.2 Å². The first-order valence-corrected chi connectivity index (χ1v) is 9.52. The van der Waals surface area contributed by atoms with Gasteiger partial charge < -0.3 is 14.2 Å². The molecule has 3 heteroatoms. The molecule has 0 spiro atoms. The molecule has 0 unspecified atom stereocenters. The molecule has 3 nitrogen and oxygen atoms in total. The fourth-order valence-electron chi connectivity index (χ4n) is 2.88. The topological polar surface area (TPSA) is 27.7 Å². The van der Waals surface area contributed by atoms with E-state index in [0.29, 0.717) is 0 Å². The Kier molecular flexibility index (Phi) is 5.48. The third-order valence-corrected chi connectivity index (χ3v) is 4.53. The van der Waals surface area contributed by atoms with Crippen LogP contribution in [0.25, 0.3) is 0 Å². The first-order valence-electron chi connectivity index (χ1n) is 9.52. The fraction of sp³-hybridized carbons (Fsp3) is 0.0769. The van der Waals surface area contributed by atoms with Gasteiger partial charge in [-0.2, -0.15) is 0 Å². The van der Waals surface area contributed by atoms with Crippen molar-refractivity contribution in [2.75, 3.05) is 0 Å². The van der Waals surface area contributed by atoms with Crippen LogP contribution in [0, 0.1) is 13.8 Å². The molecule has 0 saturated heterocycles. The molecule has 0 aliphatic carbocycles. The molecule has 0 N–H and O–H groups in total. The van der Waals surface area contributed by atoms with E-state index in [1.165, 1.54) is 0 Å². The molecule has 0 heterocycles. The number of ether oxygens (including phenoxy) is 3. The highest BCUT2D eigenvalue weighted by molar-refractivity contribution is 5.42. The van der Waals surface area contributed by atoms with Crippen molar-refractivity contribution >= 4 is 0 Å². The summed E-state index contributed by atoms with van der Waals surface area (Å²) in [5.41, 5.74) is 2.20. The Morgan fingerprint density at radius 1 is 0.379 bits per heavy atom. The molecule has 0 aromatic heterocycles. The molecular weight excluding hydrogens is 360 g/mol. The standard InChI is InChI=1S/C26H22O3/c1-19-7-3-5-9-25(19)28-23-15-11-21(12-16-23)27-22-13-17-24(18-14-22)29-26-10-6-4-8-20(26)2/h3-18H,1-2H3. The zero-order valence-corrected chi connectivity index (χ0v) is 16.5. The summed E-state index contributed by atoms with van der Waals surface area (Å²) in [6, 6.07) is 31.1. The van der Waals surface area contributed by atoms with Crippen LogP contribution in [-0.4, -0.2) is 0 Å². The van der Waals surface area contributed by atoms with E-state index < -0.39 is 0 Å². The first-order chi connectivity index (χ1) is 14.2. The highest BCUT2D eigenvalue weighted by atomic mass is 16.5. The third-order valence-electron chi connectivity index (χ3n) is 4.53. The van der Waals surface area contributed by atoms with Gasteiger partial charge >= 0.3 is 0 Å². The Balaban J connectivity index is 1.39. The van der Waals surface area contributed by atoms with Crippen molar-refractivity contribution in [2.45, 2.75) is 13.8 Å². The Hall–Kier alpha value is -3.72. The van der Waals surface area contributed by atoms with Crippen LogP contribution in [0.4, 0.5) is 0 Å². The lowest BCUT2D eigenvalue weighted by Crippen LogP contribution is -1.89. The molecule has 0 aliphatic rings. The predicted molar refractivity (Wildman–Crippen MR) is 115 cm³/mol. The van der Waals surface area contributed by atoms with E-state index in [9.17, 15) is 0 Å². The summed E-state index contributed by atoms with van der Waals surface area (Å²) in [7, 11) is 0. The maximum absolute atomic E-state index is 5.93. The van der Waals surface area contributed by atoms with Crippen molar-refractivity contribution in [1.82, 2.24) is 0 Å². The van der Waals surface area contributed by atoms with E-state index in [1.54, 1.807) is 0 Å². The summed E-state index contributed by atoms with van der Waals surface area (Å²) < 4.78 is 17.8. The first kappa shape index (κ1) is 18.6. The maximum atomic E-state index is 5.93. The molecule has 4 aromatic rings. The summed E-state index contributed by atoms with van der Waals surface area (Å²) in [6.45, 7) is 4.05. The van der Waals surface area contributed by atoms with E-state index >= 15 is 0 Å². The monoisotopic (exact) mass is 382 g/mol. The smallest absolute Gasteiger partial charge is 0.130 e. The van der Waals surface area contributed by atoms with Crippen LogP contribution in [0.5, 0.6) is 34.5 Å². The van der Waals surface area contributed by atoms with Gasteiger partial charge in [-0.1, -0.05) is 36.4 Å². The van der Waals surface area contributed by atoms with Gasteiger partial charge in [-0.15, -0.1) is 0 Å². The Labute approximate surface area is 171 Å². The quantitative estimate of drug-likeness (QED) is 0.342. The fourth-order valence-corrected chi connectivity index (χ4v) is 2.88. The molecule has 0 amide bonds. The van der Waals surface area contributed by atoms with E-state index in [0.717, 1.165) is 45.6 Å². The summed E-state index contributed by atoms with van der Waals surface area (Å²) in [6.07, 6.45) is 0. The van der Waals surface area contributed by atoms with Gasteiger partial charge in [0.15, 0.2) is 0 Å². The second kappa shape index (κ2) is 8.53. The summed E-state index contributed by atoms with van der Waals surface area (Å²) in [5, 5.41) is 0. The molecule has 0 atom stereocenters. The molecule has 0 radical (unpaired) electrons. The minimum atomic E-state index is 0.745. The average molecular weight is 382 g/mol. The maximum Gasteiger partial charge on any atom is 0.130 e. The van der Waals surface area contributed by atoms with Crippen LogP contribution in [0.1, 0.15) is 11.1 Å². The van der Waals surface area contributed by atoms with Crippen molar-refractivity contribution in [1.29, 1.82) is 0 Å². The molecule has 0 aliphatic heterocycles.